The average molecular weight is 389 g/mol. The summed E-state index contributed by atoms with van der Waals surface area (Å²) in [7, 11) is 0. The second-order valence-electron chi connectivity index (χ2n) is 5.78. The van der Waals surface area contributed by atoms with Gasteiger partial charge in [0.05, 0.1) is 18.2 Å². The lowest BCUT2D eigenvalue weighted by molar-refractivity contribution is -0.139. The van der Waals surface area contributed by atoms with E-state index in [1.807, 2.05) is 0 Å². The number of ether oxygens (including phenoxy) is 3. The van der Waals surface area contributed by atoms with Crippen molar-refractivity contribution >= 4 is 29.4 Å². The van der Waals surface area contributed by atoms with E-state index in [1.165, 1.54) is 6.08 Å². The van der Waals surface area contributed by atoms with Crippen molar-refractivity contribution in [1.29, 1.82) is 0 Å². The molecule has 0 aromatic heterocycles. The average Bonchev–Trinajstić information content (AvgIpc) is 2.91. The van der Waals surface area contributed by atoms with Gasteiger partial charge in [-0.2, -0.15) is 0 Å². The molecule has 3 rings (SSSR count). The SMILES string of the molecule is O=C(O)COc1ccc(C(=O)C=Cc2cc(Cl)c3c(c2)OCCCO3)cc1. The van der Waals surface area contributed by atoms with Crippen LogP contribution in [0.15, 0.2) is 42.5 Å². The van der Waals surface area contributed by atoms with Crippen LogP contribution in [0.1, 0.15) is 22.3 Å². The van der Waals surface area contributed by atoms with Crippen LogP contribution < -0.4 is 14.2 Å². The number of fused-ring (bicyclic) bond motifs is 1. The van der Waals surface area contributed by atoms with Crippen molar-refractivity contribution in [2.24, 2.45) is 0 Å². The molecule has 0 spiro atoms. The number of allylic oxidation sites excluding steroid dienone is 1. The Balaban J connectivity index is 1.70. The van der Waals surface area contributed by atoms with E-state index in [0.29, 0.717) is 41.0 Å². The molecule has 1 heterocycles. The summed E-state index contributed by atoms with van der Waals surface area (Å²) in [6.07, 6.45) is 3.86. The van der Waals surface area contributed by atoms with Crippen LogP contribution in [0.5, 0.6) is 17.2 Å². The number of carbonyl (C=O) groups is 2. The van der Waals surface area contributed by atoms with Gasteiger partial charge in [0.1, 0.15) is 5.75 Å². The van der Waals surface area contributed by atoms with E-state index in [4.69, 9.17) is 30.9 Å². The van der Waals surface area contributed by atoms with Gasteiger partial charge in [-0.15, -0.1) is 0 Å². The van der Waals surface area contributed by atoms with E-state index < -0.39 is 12.6 Å². The maximum Gasteiger partial charge on any atom is 0.341 e. The standard InChI is InChI=1S/C20H17ClO6/c21-16-10-13(11-18-20(16)26-9-1-8-25-18)2-7-17(22)14-3-5-15(6-4-14)27-12-19(23)24/h2-7,10-11H,1,8-9,12H2,(H,23,24). The Morgan fingerprint density at radius 3 is 2.63 bits per heavy atom. The Labute approximate surface area is 160 Å². The molecule has 0 bridgehead atoms. The zero-order chi connectivity index (χ0) is 19.2. The molecular weight excluding hydrogens is 372 g/mol. The molecule has 0 radical (unpaired) electrons. The van der Waals surface area contributed by atoms with Crippen LogP contribution in [-0.2, 0) is 4.79 Å². The van der Waals surface area contributed by atoms with Crippen molar-refractivity contribution in [3.63, 3.8) is 0 Å². The Kier molecular flexibility index (Phi) is 5.98. The van der Waals surface area contributed by atoms with Gasteiger partial charge >= 0.3 is 5.97 Å². The largest absolute Gasteiger partial charge is 0.489 e. The van der Waals surface area contributed by atoms with Crippen molar-refractivity contribution < 1.29 is 28.9 Å². The summed E-state index contributed by atoms with van der Waals surface area (Å²) in [5.41, 5.74) is 1.17. The van der Waals surface area contributed by atoms with E-state index in [2.05, 4.69) is 0 Å². The summed E-state index contributed by atoms with van der Waals surface area (Å²) >= 11 is 6.24. The van der Waals surface area contributed by atoms with Crippen molar-refractivity contribution in [3.8, 4) is 17.2 Å². The quantitative estimate of drug-likeness (QED) is 0.597. The number of carboxylic acids is 1. The topological polar surface area (TPSA) is 82.1 Å². The molecule has 1 aliphatic heterocycles. The Morgan fingerprint density at radius 2 is 1.89 bits per heavy atom. The summed E-state index contributed by atoms with van der Waals surface area (Å²) in [6.45, 7) is 0.663. The highest BCUT2D eigenvalue weighted by atomic mass is 35.5. The van der Waals surface area contributed by atoms with Crippen molar-refractivity contribution in [2.75, 3.05) is 19.8 Å². The number of ketones is 1. The lowest BCUT2D eigenvalue weighted by Crippen LogP contribution is -2.09. The lowest BCUT2D eigenvalue weighted by atomic mass is 10.1. The van der Waals surface area contributed by atoms with E-state index in [-0.39, 0.29) is 5.78 Å². The highest BCUT2D eigenvalue weighted by Crippen LogP contribution is 2.38. The van der Waals surface area contributed by atoms with Crippen LogP contribution in [0.2, 0.25) is 5.02 Å². The van der Waals surface area contributed by atoms with Gasteiger partial charge in [-0.3, -0.25) is 4.79 Å². The smallest absolute Gasteiger partial charge is 0.341 e. The Morgan fingerprint density at radius 1 is 1.15 bits per heavy atom. The number of hydrogen-bond donors (Lipinski definition) is 1. The van der Waals surface area contributed by atoms with Crippen LogP contribution in [-0.4, -0.2) is 36.7 Å². The third kappa shape index (κ3) is 5.01. The fourth-order valence-electron chi connectivity index (χ4n) is 2.48. The second-order valence-corrected chi connectivity index (χ2v) is 6.19. The molecule has 1 N–H and O–H groups in total. The molecule has 2 aromatic carbocycles. The van der Waals surface area contributed by atoms with E-state index in [1.54, 1.807) is 42.5 Å². The fourth-order valence-corrected chi connectivity index (χ4v) is 2.75. The van der Waals surface area contributed by atoms with Gasteiger partial charge in [-0.05, 0) is 48.0 Å². The zero-order valence-electron chi connectivity index (χ0n) is 14.3. The van der Waals surface area contributed by atoms with Gasteiger partial charge in [-0.1, -0.05) is 17.7 Å². The number of hydrogen-bond acceptors (Lipinski definition) is 5. The Bertz CT molecular complexity index is 873. The van der Waals surface area contributed by atoms with Gasteiger partial charge in [0.2, 0.25) is 0 Å². The molecular formula is C20H17ClO6. The third-order valence-corrected chi connectivity index (χ3v) is 4.03. The zero-order valence-corrected chi connectivity index (χ0v) is 15.1. The van der Waals surface area contributed by atoms with Crippen LogP contribution in [0.3, 0.4) is 0 Å². The van der Waals surface area contributed by atoms with Crippen molar-refractivity contribution in [1.82, 2.24) is 0 Å². The second kappa shape index (κ2) is 8.60. The summed E-state index contributed by atoms with van der Waals surface area (Å²) < 4.78 is 16.2. The first-order valence-corrected chi connectivity index (χ1v) is 8.67. The number of halogens is 1. The summed E-state index contributed by atoms with van der Waals surface area (Å²) in [5, 5.41) is 9.02. The van der Waals surface area contributed by atoms with Gasteiger partial charge in [0.15, 0.2) is 23.9 Å². The molecule has 0 fully saturated rings. The maximum atomic E-state index is 12.3. The molecule has 0 aliphatic carbocycles. The molecule has 27 heavy (non-hydrogen) atoms. The molecule has 1 aliphatic rings. The molecule has 6 nitrogen and oxygen atoms in total. The fraction of sp³-hybridized carbons (Fsp3) is 0.200. The maximum absolute atomic E-state index is 12.3. The third-order valence-electron chi connectivity index (χ3n) is 3.75. The predicted molar refractivity (Wildman–Crippen MR) is 100.0 cm³/mol. The minimum Gasteiger partial charge on any atom is -0.489 e. The molecule has 0 amide bonds. The molecule has 7 heteroatoms. The molecule has 2 aromatic rings. The van der Waals surface area contributed by atoms with Crippen molar-refractivity contribution in [2.45, 2.75) is 6.42 Å². The van der Waals surface area contributed by atoms with Crippen LogP contribution in [0, 0.1) is 0 Å². The Hall–Kier alpha value is -2.99. The van der Waals surface area contributed by atoms with Gasteiger partial charge < -0.3 is 19.3 Å². The number of benzene rings is 2. The van der Waals surface area contributed by atoms with E-state index >= 15 is 0 Å². The number of aliphatic carboxylic acids is 1. The van der Waals surface area contributed by atoms with E-state index in [0.717, 1.165) is 12.0 Å². The molecule has 0 unspecified atom stereocenters. The van der Waals surface area contributed by atoms with Crippen LogP contribution in [0.25, 0.3) is 6.08 Å². The van der Waals surface area contributed by atoms with E-state index in [9.17, 15) is 9.59 Å². The minimum atomic E-state index is -1.06. The minimum absolute atomic E-state index is 0.206. The van der Waals surface area contributed by atoms with Gasteiger partial charge in [-0.25, -0.2) is 4.79 Å². The van der Waals surface area contributed by atoms with Crippen LogP contribution >= 0.6 is 11.6 Å². The summed E-state index contributed by atoms with van der Waals surface area (Å²) in [4.78, 5) is 22.8. The first-order chi connectivity index (χ1) is 13.0. The van der Waals surface area contributed by atoms with Crippen molar-refractivity contribution in [3.05, 3.63) is 58.6 Å². The summed E-state index contributed by atoms with van der Waals surface area (Å²) in [5.74, 6) is 0.198. The lowest BCUT2D eigenvalue weighted by Gasteiger charge is -2.09. The molecule has 0 saturated carbocycles. The number of carbonyl (C=O) groups excluding carboxylic acids is 1. The molecule has 0 saturated heterocycles. The highest BCUT2D eigenvalue weighted by molar-refractivity contribution is 6.32. The normalized spacial score (nSPS) is 13.2. The molecule has 140 valence electrons. The van der Waals surface area contributed by atoms with Crippen LogP contribution in [0.4, 0.5) is 0 Å². The van der Waals surface area contributed by atoms with Gasteiger partial charge in [0.25, 0.3) is 0 Å². The number of rotatable bonds is 6. The highest BCUT2D eigenvalue weighted by Gasteiger charge is 2.15. The predicted octanol–water partition coefficient (Wildman–Crippen LogP) is 3.86. The first-order valence-electron chi connectivity index (χ1n) is 8.29. The van der Waals surface area contributed by atoms with Gasteiger partial charge in [0, 0.05) is 12.0 Å². The summed E-state index contributed by atoms with van der Waals surface area (Å²) in [6, 6.07) is 9.74. The monoisotopic (exact) mass is 388 g/mol. The number of carboxylic acid groups (broad SMARTS) is 1. The first kappa shape index (κ1) is 18.8. The molecule has 0 atom stereocenters.